The number of benzene rings is 2. The van der Waals surface area contributed by atoms with Crippen molar-refractivity contribution in [2.24, 2.45) is 5.73 Å². The SMILES string of the molecule is Cc1cccc(C(=O)N(C)c2cccc(C(N)=S)c2)c1C. The van der Waals surface area contributed by atoms with Crippen LogP contribution in [-0.4, -0.2) is 17.9 Å². The highest BCUT2D eigenvalue weighted by Gasteiger charge is 2.16. The quantitative estimate of drug-likeness (QED) is 0.885. The molecule has 0 radical (unpaired) electrons. The van der Waals surface area contributed by atoms with Gasteiger partial charge in [0.15, 0.2) is 0 Å². The van der Waals surface area contributed by atoms with Crippen LogP contribution in [0.15, 0.2) is 42.5 Å². The van der Waals surface area contributed by atoms with Gasteiger partial charge in [-0.3, -0.25) is 4.79 Å². The Balaban J connectivity index is 2.37. The lowest BCUT2D eigenvalue weighted by Crippen LogP contribution is -2.27. The summed E-state index contributed by atoms with van der Waals surface area (Å²) < 4.78 is 0. The number of aryl methyl sites for hydroxylation is 1. The monoisotopic (exact) mass is 298 g/mol. The number of nitrogens with two attached hydrogens (primary N) is 1. The van der Waals surface area contributed by atoms with Crippen molar-refractivity contribution in [1.82, 2.24) is 0 Å². The maximum absolute atomic E-state index is 12.7. The van der Waals surface area contributed by atoms with Crippen LogP contribution >= 0.6 is 12.2 Å². The van der Waals surface area contributed by atoms with Gasteiger partial charge in [0.2, 0.25) is 0 Å². The second kappa shape index (κ2) is 6.06. The lowest BCUT2D eigenvalue weighted by atomic mass is 10.0. The largest absolute Gasteiger partial charge is 0.389 e. The van der Waals surface area contributed by atoms with Crippen molar-refractivity contribution in [1.29, 1.82) is 0 Å². The zero-order chi connectivity index (χ0) is 15.6. The van der Waals surface area contributed by atoms with Gasteiger partial charge in [0.05, 0.1) is 0 Å². The highest BCUT2D eigenvalue weighted by Crippen LogP contribution is 2.20. The Morgan fingerprint density at radius 1 is 1.14 bits per heavy atom. The summed E-state index contributed by atoms with van der Waals surface area (Å²) in [5, 5.41) is 0. The lowest BCUT2D eigenvalue weighted by molar-refractivity contribution is 0.0992. The van der Waals surface area contributed by atoms with Crippen LogP contribution in [0.1, 0.15) is 27.0 Å². The minimum Gasteiger partial charge on any atom is -0.389 e. The fraction of sp³-hybridized carbons (Fsp3) is 0.176. The highest BCUT2D eigenvalue weighted by atomic mass is 32.1. The van der Waals surface area contributed by atoms with Crippen molar-refractivity contribution in [3.8, 4) is 0 Å². The van der Waals surface area contributed by atoms with Crippen LogP contribution in [-0.2, 0) is 0 Å². The molecule has 0 unspecified atom stereocenters. The molecular weight excluding hydrogens is 280 g/mol. The van der Waals surface area contributed by atoms with E-state index in [1.165, 1.54) is 0 Å². The molecule has 3 nitrogen and oxygen atoms in total. The Hall–Kier alpha value is -2.20. The molecule has 4 heteroatoms. The maximum Gasteiger partial charge on any atom is 0.258 e. The number of hydrogen-bond donors (Lipinski definition) is 1. The predicted molar refractivity (Wildman–Crippen MR) is 91.0 cm³/mol. The van der Waals surface area contributed by atoms with Crippen molar-refractivity contribution >= 4 is 28.8 Å². The van der Waals surface area contributed by atoms with Gasteiger partial charge in [-0.2, -0.15) is 0 Å². The molecule has 2 aromatic rings. The van der Waals surface area contributed by atoms with Gasteiger partial charge in [0.1, 0.15) is 4.99 Å². The smallest absolute Gasteiger partial charge is 0.258 e. The zero-order valence-corrected chi connectivity index (χ0v) is 13.2. The Labute approximate surface area is 130 Å². The van der Waals surface area contributed by atoms with Crippen LogP contribution in [0.5, 0.6) is 0 Å². The van der Waals surface area contributed by atoms with E-state index >= 15 is 0 Å². The second-order valence-electron chi connectivity index (χ2n) is 5.03. The van der Waals surface area contributed by atoms with Crippen LogP contribution in [0.4, 0.5) is 5.69 Å². The van der Waals surface area contributed by atoms with Gasteiger partial charge in [0.25, 0.3) is 5.91 Å². The van der Waals surface area contributed by atoms with Gasteiger partial charge in [-0.05, 0) is 43.2 Å². The topological polar surface area (TPSA) is 46.3 Å². The summed E-state index contributed by atoms with van der Waals surface area (Å²) in [6, 6.07) is 13.1. The van der Waals surface area contributed by atoms with E-state index < -0.39 is 0 Å². The van der Waals surface area contributed by atoms with Crippen molar-refractivity contribution in [2.75, 3.05) is 11.9 Å². The van der Waals surface area contributed by atoms with E-state index in [4.69, 9.17) is 18.0 Å². The molecule has 0 aliphatic heterocycles. The van der Waals surface area contributed by atoms with Crippen LogP contribution in [0.25, 0.3) is 0 Å². The molecule has 0 aliphatic carbocycles. The van der Waals surface area contributed by atoms with Gasteiger partial charge in [-0.15, -0.1) is 0 Å². The van der Waals surface area contributed by atoms with Gasteiger partial charge in [-0.1, -0.05) is 36.5 Å². The average molecular weight is 298 g/mol. The molecule has 1 amide bonds. The van der Waals surface area contributed by atoms with E-state index in [0.29, 0.717) is 10.6 Å². The second-order valence-corrected chi connectivity index (χ2v) is 5.47. The van der Waals surface area contributed by atoms with Crippen LogP contribution in [0, 0.1) is 13.8 Å². The summed E-state index contributed by atoms with van der Waals surface area (Å²) in [7, 11) is 1.75. The third-order valence-corrected chi connectivity index (χ3v) is 3.89. The number of nitrogens with zero attached hydrogens (tertiary/aromatic N) is 1. The minimum absolute atomic E-state index is 0.0451. The molecule has 0 fully saturated rings. The molecule has 21 heavy (non-hydrogen) atoms. The van der Waals surface area contributed by atoms with E-state index in [2.05, 4.69) is 0 Å². The molecule has 0 saturated carbocycles. The molecule has 0 aliphatic rings. The molecule has 0 heterocycles. The number of carbonyl (C=O) groups excluding carboxylic acids is 1. The molecule has 0 bridgehead atoms. The average Bonchev–Trinajstić information content (AvgIpc) is 2.48. The first kappa shape index (κ1) is 15.2. The van der Waals surface area contributed by atoms with Crippen LogP contribution in [0.2, 0.25) is 0 Å². The number of hydrogen-bond acceptors (Lipinski definition) is 2. The molecular formula is C17H18N2OS. The molecule has 108 valence electrons. The molecule has 0 spiro atoms. The molecule has 0 atom stereocenters. The fourth-order valence-corrected chi connectivity index (χ4v) is 2.28. The van der Waals surface area contributed by atoms with Gasteiger partial charge in [0, 0.05) is 23.9 Å². The molecule has 2 rings (SSSR count). The number of anilines is 1. The van der Waals surface area contributed by atoms with E-state index in [1.807, 2.05) is 56.3 Å². The van der Waals surface area contributed by atoms with Crippen molar-refractivity contribution in [3.05, 3.63) is 64.7 Å². The van der Waals surface area contributed by atoms with Crippen molar-refractivity contribution < 1.29 is 4.79 Å². The summed E-state index contributed by atoms with van der Waals surface area (Å²) in [4.78, 5) is 14.6. The molecule has 0 saturated heterocycles. The van der Waals surface area contributed by atoms with Crippen molar-refractivity contribution in [2.45, 2.75) is 13.8 Å². The van der Waals surface area contributed by atoms with Crippen LogP contribution < -0.4 is 10.6 Å². The summed E-state index contributed by atoms with van der Waals surface area (Å²) in [6.07, 6.45) is 0. The maximum atomic E-state index is 12.7. The van der Waals surface area contributed by atoms with E-state index in [-0.39, 0.29) is 5.91 Å². The fourth-order valence-electron chi connectivity index (χ4n) is 2.15. The normalized spacial score (nSPS) is 10.2. The molecule has 0 aromatic heterocycles. The van der Waals surface area contributed by atoms with Gasteiger partial charge >= 0.3 is 0 Å². The third-order valence-electron chi connectivity index (χ3n) is 3.66. The standard InChI is InChI=1S/C17H18N2OS/c1-11-6-4-9-15(12(11)2)17(20)19(3)14-8-5-7-13(10-14)16(18)21/h4-10H,1-3H3,(H2,18,21). The first-order valence-electron chi connectivity index (χ1n) is 6.66. The van der Waals surface area contributed by atoms with E-state index in [0.717, 1.165) is 22.4 Å². The number of carbonyl (C=O) groups is 1. The van der Waals surface area contributed by atoms with Gasteiger partial charge in [-0.25, -0.2) is 0 Å². The summed E-state index contributed by atoms with van der Waals surface area (Å²) in [5.41, 5.74) is 9.97. The molecule has 2 N–H and O–H groups in total. The summed E-state index contributed by atoms with van der Waals surface area (Å²) in [6.45, 7) is 3.96. The number of rotatable bonds is 3. The first-order chi connectivity index (χ1) is 9.91. The van der Waals surface area contributed by atoms with Crippen LogP contribution in [0.3, 0.4) is 0 Å². The van der Waals surface area contributed by atoms with E-state index in [9.17, 15) is 4.79 Å². The van der Waals surface area contributed by atoms with Crippen molar-refractivity contribution in [3.63, 3.8) is 0 Å². The summed E-state index contributed by atoms with van der Waals surface area (Å²) in [5.74, 6) is -0.0451. The first-order valence-corrected chi connectivity index (χ1v) is 7.06. The van der Waals surface area contributed by atoms with Gasteiger partial charge < -0.3 is 10.6 Å². The Bertz CT molecular complexity index is 710. The Morgan fingerprint density at radius 2 is 1.81 bits per heavy atom. The van der Waals surface area contributed by atoms with E-state index in [1.54, 1.807) is 11.9 Å². The third kappa shape index (κ3) is 3.11. The minimum atomic E-state index is -0.0451. The Kier molecular flexibility index (Phi) is 4.38. The molecule has 2 aromatic carbocycles. The Morgan fingerprint density at radius 3 is 2.48 bits per heavy atom. The highest BCUT2D eigenvalue weighted by molar-refractivity contribution is 7.80. The predicted octanol–water partition coefficient (Wildman–Crippen LogP) is 3.21. The zero-order valence-electron chi connectivity index (χ0n) is 12.4. The number of thiocarbonyl (C=S) groups is 1. The lowest BCUT2D eigenvalue weighted by Gasteiger charge is -2.19. The number of amides is 1. The summed E-state index contributed by atoms with van der Waals surface area (Å²) >= 11 is 4.98.